The molecular weight excluding hydrogens is 230 g/mol. The van der Waals surface area contributed by atoms with Crippen LogP contribution in [-0.4, -0.2) is 6.54 Å². The smallest absolute Gasteiger partial charge is 0.0322 e. The first-order chi connectivity index (χ1) is 9.33. The van der Waals surface area contributed by atoms with Crippen molar-refractivity contribution >= 4 is 0 Å². The third-order valence-corrected chi connectivity index (χ3v) is 4.33. The number of aryl methyl sites for hydroxylation is 1. The van der Waals surface area contributed by atoms with Gasteiger partial charge in [-0.05, 0) is 42.9 Å². The molecule has 0 amide bonds. The first-order valence-corrected chi connectivity index (χ1v) is 8.15. The van der Waals surface area contributed by atoms with E-state index in [-0.39, 0.29) is 0 Å². The molecule has 1 saturated carbocycles. The molecule has 1 unspecified atom stereocenters. The number of nitrogens with one attached hydrogen (secondary N) is 1. The van der Waals surface area contributed by atoms with E-state index in [0.29, 0.717) is 6.04 Å². The molecule has 0 heterocycles. The van der Waals surface area contributed by atoms with Crippen LogP contribution in [0.3, 0.4) is 0 Å². The summed E-state index contributed by atoms with van der Waals surface area (Å²) in [7, 11) is 0. The van der Waals surface area contributed by atoms with Crippen LogP contribution < -0.4 is 5.32 Å². The molecule has 2 rings (SSSR count). The zero-order chi connectivity index (χ0) is 13.5. The monoisotopic (exact) mass is 259 g/mol. The molecule has 1 atom stereocenters. The van der Waals surface area contributed by atoms with Crippen LogP contribution in [-0.2, 0) is 6.42 Å². The first-order valence-electron chi connectivity index (χ1n) is 8.15. The third kappa shape index (κ3) is 4.35. The zero-order valence-corrected chi connectivity index (χ0v) is 12.6. The average molecular weight is 259 g/mol. The summed E-state index contributed by atoms with van der Waals surface area (Å²) < 4.78 is 0. The van der Waals surface area contributed by atoms with Crippen LogP contribution in [0.25, 0.3) is 0 Å². The van der Waals surface area contributed by atoms with Crippen LogP contribution in [0.15, 0.2) is 24.3 Å². The molecule has 1 aromatic carbocycles. The van der Waals surface area contributed by atoms with Crippen molar-refractivity contribution in [2.24, 2.45) is 5.92 Å². The van der Waals surface area contributed by atoms with Crippen molar-refractivity contribution in [3.63, 3.8) is 0 Å². The summed E-state index contributed by atoms with van der Waals surface area (Å²) in [5.74, 6) is 0.962. The molecule has 19 heavy (non-hydrogen) atoms. The largest absolute Gasteiger partial charge is 0.310 e. The number of hydrogen-bond acceptors (Lipinski definition) is 1. The highest BCUT2D eigenvalue weighted by Crippen LogP contribution is 2.35. The van der Waals surface area contributed by atoms with Gasteiger partial charge in [-0.25, -0.2) is 0 Å². The van der Waals surface area contributed by atoms with E-state index in [0.717, 1.165) is 12.5 Å². The third-order valence-electron chi connectivity index (χ3n) is 4.33. The first kappa shape index (κ1) is 14.6. The summed E-state index contributed by atoms with van der Waals surface area (Å²) >= 11 is 0. The van der Waals surface area contributed by atoms with Gasteiger partial charge in [0.25, 0.3) is 0 Å². The maximum atomic E-state index is 3.75. The van der Waals surface area contributed by atoms with Gasteiger partial charge in [0, 0.05) is 6.04 Å². The Morgan fingerprint density at radius 1 is 1.21 bits per heavy atom. The van der Waals surface area contributed by atoms with Gasteiger partial charge in [-0.1, -0.05) is 63.8 Å². The van der Waals surface area contributed by atoms with Gasteiger partial charge < -0.3 is 5.32 Å². The van der Waals surface area contributed by atoms with Gasteiger partial charge in [0.2, 0.25) is 0 Å². The van der Waals surface area contributed by atoms with Gasteiger partial charge in [0.1, 0.15) is 0 Å². The second kappa shape index (κ2) is 7.69. The van der Waals surface area contributed by atoms with E-state index in [4.69, 9.17) is 0 Å². The lowest BCUT2D eigenvalue weighted by atomic mass is 9.79. The van der Waals surface area contributed by atoms with Crippen LogP contribution in [0.2, 0.25) is 0 Å². The van der Waals surface area contributed by atoms with Crippen molar-refractivity contribution in [3.05, 3.63) is 35.4 Å². The standard InChI is InChI=1S/C18H29N/c1-3-7-15-10-6-11-17(13-15)18(19-12-4-2)14-16-8-5-9-16/h6,10-11,13,16,18-19H,3-5,7-9,12,14H2,1-2H3. The highest BCUT2D eigenvalue weighted by atomic mass is 14.9. The molecule has 0 bridgehead atoms. The van der Waals surface area contributed by atoms with Gasteiger partial charge in [0.05, 0.1) is 0 Å². The van der Waals surface area contributed by atoms with Gasteiger partial charge in [-0.15, -0.1) is 0 Å². The summed E-state index contributed by atoms with van der Waals surface area (Å²) in [4.78, 5) is 0. The fourth-order valence-corrected chi connectivity index (χ4v) is 2.97. The van der Waals surface area contributed by atoms with Gasteiger partial charge in [-0.3, -0.25) is 0 Å². The Morgan fingerprint density at radius 2 is 2.05 bits per heavy atom. The number of hydrogen-bond donors (Lipinski definition) is 1. The van der Waals surface area contributed by atoms with Gasteiger partial charge in [0.15, 0.2) is 0 Å². The molecule has 106 valence electrons. The lowest BCUT2D eigenvalue weighted by Crippen LogP contribution is -2.26. The van der Waals surface area contributed by atoms with Crippen molar-refractivity contribution in [2.45, 2.75) is 64.8 Å². The topological polar surface area (TPSA) is 12.0 Å². The molecular formula is C18H29N. The van der Waals surface area contributed by atoms with E-state index in [9.17, 15) is 0 Å². The summed E-state index contributed by atoms with van der Waals surface area (Å²) in [6.45, 7) is 5.64. The Labute approximate surface area is 118 Å². The molecule has 0 spiro atoms. The Hall–Kier alpha value is -0.820. The minimum atomic E-state index is 0.571. The van der Waals surface area contributed by atoms with E-state index < -0.39 is 0 Å². The second-order valence-corrected chi connectivity index (χ2v) is 6.03. The Kier molecular flexibility index (Phi) is 5.91. The molecule has 0 radical (unpaired) electrons. The molecule has 1 aromatic rings. The van der Waals surface area contributed by atoms with Crippen LogP contribution in [0.5, 0.6) is 0 Å². The number of rotatable bonds is 8. The molecule has 1 aliphatic carbocycles. The predicted octanol–water partition coefficient (Wildman–Crippen LogP) is 4.87. The van der Waals surface area contributed by atoms with E-state index >= 15 is 0 Å². The van der Waals surface area contributed by atoms with Crippen LogP contribution >= 0.6 is 0 Å². The zero-order valence-electron chi connectivity index (χ0n) is 12.6. The van der Waals surface area contributed by atoms with Crippen molar-refractivity contribution in [1.29, 1.82) is 0 Å². The maximum absolute atomic E-state index is 3.75. The Balaban J connectivity index is 2.03. The Bertz CT molecular complexity index is 368. The quantitative estimate of drug-likeness (QED) is 0.702. The Morgan fingerprint density at radius 3 is 2.68 bits per heavy atom. The lowest BCUT2D eigenvalue weighted by Gasteiger charge is -2.30. The van der Waals surface area contributed by atoms with Crippen molar-refractivity contribution in [3.8, 4) is 0 Å². The predicted molar refractivity (Wildman–Crippen MR) is 83.4 cm³/mol. The fourth-order valence-electron chi connectivity index (χ4n) is 2.97. The van der Waals surface area contributed by atoms with Crippen LogP contribution in [0, 0.1) is 5.92 Å². The van der Waals surface area contributed by atoms with Crippen molar-refractivity contribution < 1.29 is 0 Å². The minimum Gasteiger partial charge on any atom is -0.310 e. The van der Waals surface area contributed by atoms with Crippen LogP contribution in [0.4, 0.5) is 0 Å². The molecule has 1 aliphatic rings. The molecule has 1 nitrogen and oxygen atoms in total. The van der Waals surface area contributed by atoms with Gasteiger partial charge >= 0.3 is 0 Å². The highest BCUT2D eigenvalue weighted by Gasteiger charge is 2.22. The summed E-state index contributed by atoms with van der Waals surface area (Å²) in [5, 5.41) is 3.75. The van der Waals surface area contributed by atoms with Crippen molar-refractivity contribution in [1.82, 2.24) is 5.32 Å². The highest BCUT2D eigenvalue weighted by molar-refractivity contribution is 5.26. The van der Waals surface area contributed by atoms with E-state index in [1.54, 1.807) is 0 Å². The molecule has 1 N–H and O–H groups in total. The second-order valence-electron chi connectivity index (χ2n) is 6.03. The number of benzene rings is 1. The molecule has 1 fully saturated rings. The van der Waals surface area contributed by atoms with Crippen molar-refractivity contribution in [2.75, 3.05) is 6.54 Å². The fraction of sp³-hybridized carbons (Fsp3) is 0.667. The normalized spacial score (nSPS) is 17.2. The SMILES string of the molecule is CCCNC(CC1CCC1)c1cccc(CCC)c1. The minimum absolute atomic E-state index is 0.571. The maximum Gasteiger partial charge on any atom is 0.0322 e. The molecule has 0 saturated heterocycles. The molecule has 1 heteroatoms. The molecule has 0 aliphatic heterocycles. The van der Waals surface area contributed by atoms with E-state index in [2.05, 4.69) is 43.4 Å². The van der Waals surface area contributed by atoms with E-state index in [1.807, 2.05) is 0 Å². The summed E-state index contributed by atoms with van der Waals surface area (Å²) in [5.41, 5.74) is 3.00. The summed E-state index contributed by atoms with van der Waals surface area (Å²) in [6.07, 6.45) is 9.32. The average Bonchev–Trinajstić information content (AvgIpc) is 2.37. The van der Waals surface area contributed by atoms with E-state index in [1.165, 1.54) is 56.1 Å². The van der Waals surface area contributed by atoms with Gasteiger partial charge in [-0.2, -0.15) is 0 Å². The lowest BCUT2D eigenvalue weighted by molar-refractivity contribution is 0.261. The molecule has 0 aromatic heterocycles. The summed E-state index contributed by atoms with van der Waals surface area (Å²) in [6, 6.07) is 9.82. The van der Waals surface area contributed by atoms with Crippen LogP contribution in [0.1, 0.15) is 69.5 Å².